The molecule has 1 amide bonds. The van der Waals surface area contributed by atoms with E-state index in [1.807, 2.05) is 29.2 Å². The number of aryl methyl sites for hydroxylation is 2. The van der Waals surface area contributed by atoms with Gasteiger partial charge in [-0.25, -0.2) is 0 Å². The molecule has 0 bridgehead atoms. The van der Waals surface area contributed by atoms with Crippen LogP contribution in [-0.4, -0.2) is 43.6 Å². The van der Waals surface area contributed by atoms with Gasteiger partial charge >= 0.3 is 0 Å². The van der Waals surface area contributed by atoms with Crippen LogP contribution in [0.25, 0.3) is 0 Å². The van der Waals surface area contributed by atoms with Crippen LogP contribution < -0.4 is 9.64 Å². The maximum absolute atomic E-state index is 13.1. The number of thioether (sulfide) groups is 1. The molecular formula is C26H30N2O3S. The number of rotatable bonds is 6. The summed E-state index contributed by atoms with van der Waals surface area (Å²) in [5.74, 6) is 2.77. The number of furan rings is 1. The van der Waals surface area contributed by atoms with E-state index in [9.17, 15) is 4.79 Å². The van der Waals surface area contributed by atoms with E-state index in [0.29, 0.717) is 24.6 Å². The number of nitrogens with zero attached hydrogens (tertiary/aromatic N) is 2. The van der Waals surface area contributed by atoms with Crippen molar-refractivity contribution in [1.82, 2.24) is 4.90 Å². The number of ether oxygens (including phenoxy) is 1. The molecule has 0 saturated carbocycles. The van der Waals surface area contributed by atoms with E-state index >= 15 is 0 Å². The highest BCUT2D eigenvalue weighted by atomic mass is 32.2. The molecule has 5 nitrogen and oxygen atoms in total. The molecule has 2 heterocycles. The number of benzene rings is 2. The summed E-state index contributed by atoms with van der Waals surface area (Å²) in [5, 5.41) is 0. The van der Waals surface area contributed by atoms with Gasteiger partial charge in [0.1, 0.15) is 11.5 Å². The second kappa shape index (κ2) is 9.74. The van der Waals surface area contributed by atoms with Crippen molar-refractivity contribution in [1.29, 1.82) is 0 Å². The van der Waals surface area contributed by atoms with Crippen molar-refractivity contribution in [3.05, 3.63) is 77.2 Å². The summed E-state index contributed by atoms with van der Waals surface area (Å²) in [4.78, 5) is 18.6. The number of carbonyl (C=O) groups is 1. The first-order valence-corrected chi connectivity index (χ1v) is 11.9. The normalized spacial score (nSPS) is 16.3. The van der Waals surface area contributed by atoms with E-state index in [4.69, 9.17) is 9.15 Å². The SMILES string of the molecule is COc1ccc(N2CCN(C(=O)c3ccc(CSc4c(C)cccc4C)o3)CC2C)cc1. The van der Waals surface area contributed by atoms with Crippen LogP contribution in [0.2, 0.25) is 0 Å². The molecule has 0 spiro atoms. The lowest BCUT2D eigenvalue weighted by Gasteiger charge is -2.41. The van der Waals surface area contributed by atoms with E-state index < -0.39 is 0 Å². The summed E-state index contributed by atoms with van der Waals surface area (Å²) in [6.45, 7) is 8.52. The summed E-state index contributed by atoms with van der Waals surface area (Å²) in [5.41, 5.74) is 3.68. The molecule has 1 aliphatic rings. The summed E-state index contributed by atoms with van der Waals surface area (Å²) in [6, 6.07) is 18.4. The van der Waals surface area contributed by atoms with E-state index in [-0.39, 0.29) is 11.9 Å². The predicted octanol–water partition coefficient (Wildman–Crippen LogP) is 5.55. The molecule has 3 aromatic rings. The van der Waals surface area contributed by atoms with Crippen LogP contribution in [0.1, 0.15) is 34.4 Å². The minimum absolute atomic E-state index is 0.0328. The van der Waals surface area contributed by atoms with Gasteiger partial charge in [-0.3, -0.25) is 4.79 Å². The summed E-state index contributed by atoms with van der Waals surface area (Å²) >= 11 is 1.75. The molecule has 1 unspecified atom stereocenters. The average Bonchev–Trinajstić information content (AvgIpc) is 3.27. The van der Waals surface area contributed by atoms with E-state index in [1.165, 1.54) is 16.0 Å². The Balaban J connectivity index is 1.36. The summed E-state index contributed by atoms with van der Waals surface area (Å²) < 4.78 is 11.2. The van der Waals surface area contributed by atoms with Crippen LogP contribution in [0.5, 0.6) is 5.75 Å². The summed E-state index contributed by atoms with van der Waals surface area (Å²) in [6.07, 6.45) is 0. The van der Waals surface area contributed by atoms with Crippen LogP contribution >= 0.6 is 11.8 Å². The van der Waals surface area contributed by atoms with Crippen molar-refractivity contribution in [2.75, 3.05) is 31.6 Å². The zero-order chi connectivity index (χ0) is 22.7. The minimum atomic E-state index is -0.0328. The standard InChI is InChI=1S/C26H30N2O3S/c1-18-6-5-7-19(2)25(18)32-17-23-12-13-24(31-23)26(29)27-14-15-28(20(3)16-27)21-8-10-22(30-4)11-9-21/h5-13,20H,14-17H2,1-4H3. The number of carbonyl (C=O) groups excluding carboxylic acids is 1. The number of methoxy groups -OCH3 is 1. The van der Waals surface area contributed by atoms with Gasteiger partial charge in [-0.2, -0.15) is 0 Å². The monoisotopic (exact) mass is 450 g/mol. The molecule has 4 rings (SSSR count). The molecule has 2 aromatic carbocycles. The van der Waals surface area contributed by atoms with Gasteiger partial charge in [0.2, 0.25) is 0 Å². The quantitative estimate of drug-likeness (QED) is 0.461. The maximum Gasteiger partial charge on any atom is 0.289 e. The molecule has 168 valence electrons. The van der Waals surface area contributed by atoms with Crippen LogP contribution in [-0.2, 0) is 5.75 Å². The Morgan fingerprint density at radius 3 is 2.44 bits per heavy atom. The van der Waals surface area contributed by atoms with Crippen LogP contribution in [0.3, 0.4) is 0 Å². The zero-order valence-electron chi connectivity index (χ0n) is 19.1. The molecule has 1 atom stereocenters. The van der Waals surface area contributed by atoms with E-state index in [0.717, 1.165) is 23.7 Å². The van der Waals surface area contributed by atoms with Crippen molar-refractivity contribution in [3.8, 4) is 5.75 Å². The van der Waals surface area contributed by atoms with Crippen molar-refractivity contribution in [3.63, 3.8) is 0 Å². The maximum atomic E-state index is 13.1. The van der Waals surface area contributed by atoms with Gasteiger partial charge in [0, 0.05) is 36.3 Å². The molecule has 32 heavy (non-hydrogen) atoms. The van der Waals surface area contributed by atoms with Crippen molar-refractivity contribution in [2.45, 2.75) is 37.5 Å². The highest BCUT2D eigenvalue weighted by molar-refractivity contribution is 7.98. The second-order valence-electron chi connectivity index (χ2n) is 8.27. The Morgan fingerprint density at radius 2 is 1.78 bits per heavy atom. The highest BCUT2D eigenvalue weighted by Crippen LogP contribution is 2.30. The first-order chi connectivity index (χ1) is 15.5. The van der Waals surface area contributed by atoms with Gasteiger partial charge in [-0.1, -0.05) is 18.2 Å². The van der Waals surface area contributed by atoms with Gasteiger partial charge < -0.3 is 19.0 Å². The lowest BCUT2D eigenvalue weighted by Crippen LogP contribution is -2.53. The van der Waals surface area contributed by atoms with Gasteiger partial charge in [-0.15, -0.1) is 11.8 Å². The molecule has 1 aliphatic heterocycles. The first kappa shape index (κ1) is 22.3. The molecule has 0 radical (unpaired) electrons. The molecule has 1 fully saturated rings. The molecule has 0 aliphatic carbocycles. The number of piperazine rings is 1. The topological polar surface area (TPSA) is 45.9 Å². The first-order valence-electron chi connectivity index (χ1n) is 10.9. The Morgan fingerprint density at radius 1 is 1.06 bits per heavy atom. The third-order valence-corrected chi connectivity index (χ3v) is 7.32. The third-order valence-electron chi connectivity index (χ3n) is 5.96. The fourth-order valence-electron chi connectivity index (χ4n) is 4.20. The minimum Gasteiger partial charge on any atom is -0.497 e. The number of hydrogen-bond acceptors (Lipinski definition) is 5. The predicted molar refractivity (Wildman–Crippen MR) is 130 cm³/mol. The largest absolute Gasteiger partial charge is 0.497 e. The fourth-order valence-corrected chi connectivity index (χ4v) is 5.23. The van der Waals surface area contributed by atoms with Crippen molar-refractivity contribution >= 4 is 23.4 Å². The van der Waals surface area contributed by atoms with Gasteiger partial charge in [0.05, 0.1) is 12.9 Å². The lowest BCUT2D eigenvalue weighted by atomic mass is 10.1. The number of amides is 1. The molecule has 0 N–H and O–H groups in total. The fraction of sp³-hybridized carbons (Fsp3) is 0.346. The number of hydrogen-bond donors (Lipinski definition) is 0. The van der Waals surface area contributed by atoms with E-state index in [1.54, 1.807) is 18.9 Å². The van der Waals surface area contributed by atoms with Gasteiger partial charge in [0.25, 0.3) is 5.91 Å². The molecule has 1 saturated heterocycles. The van der Waals surface area contributed by atoms with Gasteiger partial charge in [-0.05, 0) is 68.3 Å². The van der Waals surface area contributed by atoms with Crippen LogP contribution in [0.15, 0.2) is 63.9 Å². The van der Waals surface area contributed by atoms with E-state index in [2.05, 4.69) is 56.0 Å². The Bertz CT molecular complexity index is 1060. The molecule has 1 aromatic heterocycles. The molecule has 6 heteroatoms. The average molecular weight is 451 g/mol. The van der Waals surface area contributed by atoms with Crippen LogP contribution in [0, 0.1) is 13.8 Å². The van der Waals surface area contributed by atoms with Gasteiger partial charge in [0.15, 0.2) is 5.76 Å². The lowest BCUT2D eigenvalue weighted by molar-refractivity contribution is 0.0693. The Labute approximate surface area is 194 Å². The van der Waals surface area contributed by atoms with Crippen molar-refractivity contribution < 1.29 is 13.9 Å². The summed E-state index contributed by atoms with van der Waals surface area (Å²) in [7, 11) is 1.67. The second-order valence-corrected chi connectivity index (χ2v) is 9.25. The Kier molecular flexibility index (Phi) is 6.80. The smallest absolute Gasteiger partial charge is 0.289 e. The third kappa shape index (κ3) is 4.80. The Hall–Kier alpha value is -2.86. The van der Waals surface area contributed by atoms with Crippen LogP contribution in [0.4, 0.5) is 5.69 Å². The molecular weight excluding hydrogens is 420 g/mol. The zero-order valence-corrected chi connectivity index (χ0v) is 19.9. The van der Waals surface area contributed by atoms with Crippen molar-refractivity contribution in [2.24, 2.45) is 0 Å². The highest BCUT2D eigenvalue weighted by Gasteiger charge is 2.29. The number of anilines is 1.